The summed E-state index contributed by atoms with van der Waals surface area (Å²) in [5.74, 6) is 0.794. The van der Waals surface area contributed by atoms with Crippen molar-refractivity contribution in [1.82, 2.24) is 0 Å². The van der Waals surface area contributed by atoms with Gasteiger partial charge in [0.05, 0.1) is 11.6 Å². The number of rotatable bonds is 2. The van der Waals surface area contributed by atoms with Gasteiger partial charge in [-0.05, 0) is 49.5 Å². The number of amidine groups is 1. The lowest BCUT2D eigenvalue weighted by Gasteiger charge is -2.22. The highest BCUT2D eigenvalue weighted by Crippen LogP contribution is 2.19. The first-order valence-corrected chi connectivity index (χ1v) is 6.98. The van der Waals surface area contributed by atoms with Crippen molar-refractivity contribution in [2.75, 3.05) is 5.32 Å². The van der Waals surface area contributed by atoms with Crippen molar-refractivity contribution in [3.8, 4) is 0 Å². The zero-order valence-corrected chi connectivity index (χ0v) is 12.2. The number of anilines is 1. The standard InChI is InChI=1S/C16H13N3OS/c1-10(20)11-6-8-12(9-7-11)17-15-13-4-2-3-5-14(13)18-16(21)19-15/h2-9,13H,1H3,(H,17,19,21). The van der Waals surface area contributed by atoms with Crippen molar-refractivity contribution < 1.29 is 4.79 Å². The fraction of sp³-hybridized carbons (Fsp3) is 0.125. The van der Waals surface area contributed by atoms with Gasteiger partial charge in [-0.2, -0.15) is 0 Å². The summed E-state index contributed by atoms with van der Waals surface area (Å²) in [5, 5.41) is 3.59. The van der Waals surface area contributed by atoms with Crippen LogP contribution in [-0.2, 0) is 0 Å². The fourth-order valence-electron chi connectivity index (χ4n) is 2.22. The van der Waals surface area contributed by atoms with Crippen LogP contribution >= 0.6 is 12.2 Å². The number of allylic oxidation sites excluding steroid dienone is 3. The van der Waals surface area contributed by atoms with E-state index in [-0.39, 0.29) is 11.7 Å². The number of fused-ring (bicyclic) bond motifs is 1. The lowest BCUT2D eigenvalue weighted by Crippen LogP contribution is -2.32. The number of aliphatic imine (C=N–C) groups is 2. The quantitative estimate of drug-likeness (QED) is 0.673. The maximum absolute atomic E-state index is 11.3. The number of carbonyl (C=O) groups is 1. The normalized spacial score (nSPS) is 19.7. The van der Waals surface area contributed by atoms with Crippen LogP contribution in [0.15, 0.2) is 58.6 Å². The van der Waals surface area contributed by atoms with E-state index < -0.39 is 0 Å². The molecule has 2 aliphatic rings. The third kappa shape index (κ3) is 2.87. The summed E-state index contributed by atoms with van der Waals surface area (Å²) in [5.41, 5.74) is 2.44. The highest BCUT2D eigenvalue weighted by Gasteiger charge is 2.24. The highest BCUT2D eigenvalue weighted by atomic mass is 32.1. The molecular formula is C16H13N3OS. The van der Waals surface area contributed by atoms with Gasteiger partial charge in [0.1, 0.15) is 5.84 Å². The van der Waals surface area contributed by atoms with Crippen molar-refractivity contribution >= 4 is 40.3 Å². The molecule has 1 aromatic rings. The van der Waals surface area contributed by atoms with E-state index in [4.69, 9.17) is 12.2 Å². The molecule has 1 N–H and O–H groups in total. The van der Waals surface area contributed by atoms with Gasteiger partial charge >= 0.3 is 0 Å². The number of Topliss-reactive ketones (excluding diaryl/α,β-unsaturated/α-hetero) is 1. The van der Waals surface area contributed by atoms with Crippen LogP contribution in [0.5, 0.6) is 0 Å². The van der Waals surface area contributed by atoms with Gasteiger partial charge in [-0.3, -0.25) is 4.79 Å². The van der Waals surface area contributed by atoms with Crippen LogP contribution < -0.4 is 5.32 Å². The van der Waals surface area contributed by atoms with E-state index in [9.17, 15) is 4.79 Å². The number of thiocarbonyl (C=S) groups is 1. The molecule has 0 saturated heterocycles. The maximum atomic E-state index is 11.3. The zero-order chi connectivity index (χ0) is 14.8. The topological polar surface area (TPSA) is 53.8 Å². The summed E-state index contributed by atoms with van der Waals surface area (Å²) < 4.78 is 0. The predicted octanol–water partition coefficient (Wildman–Crippen LogP) is 3.18. The number of nitrogens with one attached hydrogen (secondary N) is 1. The average molecular weight is 295 g/mol. The molecule has 1 aliphatic heterocycles. The zero-order valence-electron chi connectivity index (χ0n) is 11.4. The van der Waals surface area contributed by atoms with Gasteiger partial charge in [0.2, 0.25) is 5.11 Å². The molecule has 0 amide bonds. The SMILES string of the molecule is CC(=O)c1ccc(NC2=NC(=S)N=C3C=CC=CC32)cc1. The summed E-state index contributed by atoms with van der Waals surface area (Å²) >= 11 is 5.10. The second-order valence-electron chi connectivity index (χ2n) is 4.80. The third-order valence-corrected chi connectivity index (χ3v) is 3.48. The number of benzene rings is 1. The molecule has 0 saturated carbocycles. The Kier molecular flexibility index (Phi) is 3.58. The number of hydrogen-bond donors (Lipinski definition) is 1. The van der Waals surface area contributed by atoms with Crippen LogP contribution in [0.2, 0.25) is 0 Å². The highest BCUT2D eigenvalue weighted by molar-refractivity contribution is 7.80. The van der Waals surface area contributed by atoms with Crippen molar-refractivity contribution in [3.63, 3.8) is 0 Å². The first-order valence-electron chi connectivity index (χ1n) is 6.57. The molecule has 5 heteroatoms. The lowest BCUT2D eigenvalue weighted by molar-refractivity contribution is 0.101. The molecule has 1 unspecified atom stereocenters. The van der Waals surface area contributed by atoms with Crippen molar-refractivity contribution in [3.05, 3.63) is 54.1 Å². The minimum Gasteiger partial charge on any atom is -0.343 e. The second kappa shape index (κ2) is 5.54. The molecule has 4 nitrogen and oxygen atoms in total. The summed E-state index contributed by atoms with van der Waals surface area (Å²) in [6.07, 6.45) is 7.86. The van der Waals surface area contributed by atoms with Gasteiger partial charge in [0.25, 0.3) is 0 Å². The maximum Gasteiger partial charge on any atom is 0.221 e. The molecule has 1 aliphatic carbocycles. The molecule has 1 atom stereocenters. The summed E-state index contributed by atoms with van der Waals surface area (Å²) in [4.78, 5) is 19.9. The van der Waals surface area contributed by atoms with Gasteiger partial charge in [0, 0.05) is 11.3 Å². The van der Waals surface area contributed by atoms with Gasteiger partial charge < -0.3 is 5.32 Å². The Morgan fingerprint density at radius 1 is 1.19 bits per heavy atom. The number of carbonyl (C=O) groups excluding carboxylic acids is 1. The van der Waals surface area contributed by atoms with Gasteiger partial charge in [0.15, 0.2) is 5.78 Å². The Labute approximate surface area is 128 Å². The van der Waals surface area contributed by atoms with Gasteiger partial charge in [-0.25, -0.2) is 9.98 Å². The third-order valence-electron chi connectivity index (χ3n) is 3.30. The molecule has 0 spiro atoms. The Hall–Kier alpha value is -2.40. The summed E-state index contributed by atoms with van der Waals surface area (Å²) in [6, 6.07) is 7.29. The summed E-state index contributed by atoms with van der Waals surface area (Å²) in [6.45, 7) is 1.55. The Balaban J connectivity index is 1.84. The van der Waals surface area contributed by atoms with Gasteiger partial charge in [-0.15, -0.1) is 0 Å². The molecule has 0 aromatic heterocycles. The van der Waals surface area contributed by atoms with Crippen LogP contribution in [0.1, 0.15) is 17.3 Å². The predicted molar refractivity (Wildman–Crippen MR) is 89.3 cm³/mol. The van der Waals surface area contributed by atoms with E-state index in [1.807, 2.05) is 36.4 Å². The van der Waals surface area contributed by atoms with Crippen LogP contribution in [-0.4, -0.2) is 22.4 Å². The van der Waals surface area contributed by atoms with Crippen molar-refractivity contribution in [1.29, 1.82) is 0 Å². The Bertz CT molecular complexity index is 726. The van der Waals surface area contributed by atoms with E-state index in [0.717, 1.165) is 17.2 Å². The van der Waals surface area contributed by atoms with Crippen LogP contribution in [0.3, 0.4) is 0 Å². The van der Waals surface area contributed by atoms with Crippen molar-refractivity contribution in [2.24, 2.45) is 15.9 Å². The molecule has 1 heterocycles. The van der Waals surface area contributed by atoms with E-state index in [0.29, 0.717) is 10.7 Å². The monoisotopic (exact) mass is 295 g/mol. The largest absolute Gasteiger partial charge is 0.343 e. The Morgan fingerprint density at radius 3 is 2.67 bits per heavy atom. The summed E-state index contributed by atoms with van der Waals surface area (Å²) in [7, 11) is 0. The smallest absolute Gasteiger partial charge is 0.221 e. The molecule has 104 valence electrons. The second-order valence-corrected chi connectivity index (χ2v) is 5.16. The minimum absolute atomic E-state index is 0.00539. The number of nitrogens with zero attached hydrogens (tertiary/aromatic N) is 2. The molecule has 0 radical (unpaired) electrons. The van der Waals surface area contributed by atoms with Gasteiger partial charge in [-0.1, -0.05) is 18.2 Å². The molecule has 21 heavy (non-hydrogen) atoms. The molecule has 0 fully saturated rings. The average Bonchev–Trinajstić information content (AvgIpc) is 2.47. The first-order chi connectivity index (χ1) is 10.1. The molecule has 0 bridgehead atoms. The van der Waals surface area contributed by atoms with Crippen molar-refractivity contribution in [2.45, 2.75) is 6.92 Å². The van der Waals surface area contributed by atoms with Crippen LogP contribution in [0.4, 0.5) is 5.69 Å². The first kappa shape index (κ1) is 13.6. The molecule has 3 rings (SSSR count). The van der Waals surface area contributed by atoms with E-state index in [2.05, 4.69) is 15.3 Å². The van der Waals surface area contributed by atoms with Crippen LogP contribution in [0.25, 0.3) is 0 Å². The lowest BCUT2D eigenvalue weighted by atomic mass is 9.96. The fourth-order valence-corrected chi connectivity index (χ4v) is 2.42. The molecule has 1 aromatic carbocycles. The van der Waals surface area contributed by atoms with E-state index in [1.54, 1.807) is 19.1 Å². The number of ketones is 1. The van der Waals surface area contributed by atoms with E-state index in [1.165, 1.54) is 0 Å². The Morgan fingerprint density at radius 2 is 1.95 bits per heavy atom. The van der Waals surface area contributed by atoms with E-state index >= 15 is 0 Å². The van der Waals surface area contributed by atoms with Crippen LogP contribution in [0, 0.1) is 5.92 Å². The molecular weight excluding hydrogens is 282 g/mol. The minimum atomic E-state index is -0.00539. The number of hydrogen-bond acceptors (Lipinski definition) is 3.